The third-order valence-corrected chi connectivity index (χ3v) is 3.47. The largest absolute Gasteiger partial charge is 0.418 e. The Balaban J connectivity index is 2.86. The Labute approximate surface area is 97.8 Å². The van der Waals surface area contributed by atoms with Crippen molar-refractivity contribution >= 4 is 30.8 Å². The first kappa shape index (κ1) is 12.2. The highest BCUT2D eigenvalue weighted by atomic mass is 35.7. The topological polar surface area (TPSA) is 62.8 Å². The molecule has 0 saturated carbocycles. The van der Waals surface area contributed by atoms with Crippen molar-refractivity contribution in [3.63, 3.8) is 0 Å². The summed E-state index contributed by atoms with van der Waals surface area (Å²) < 4.78 is 60.0. The van der Waals surface area contributed by atoms with Gasteiger partial charge in [-0.3, -0.25) is 0 Å². The molecule has 0 radical (unpaired) electrons. The molecule has 9 heteroatoms. The van der Waals surface area contributed by atoms with Gasteiger partial charge in [-0.15, -0.1) is 0 Å². The molecule has 0 unspecified atom stereocenters. The van der Waals surface area contributed by atoms with Crippen LogP contribution in [-0.4, -0.2) is 18.4 Å². The predicted octanol–water partition coefficient (Wildman–Crippen LogP) is 2.51. The van der Waals surface area contributed by atoms with Crippen molar-refractivity contribution in [2.45, 2.75) is 11.1 Å². The monoisotopic (exact) mass is 284 g/mol. The second-order valence-corrected chi connectivity index (χ2v) is 5.71. The number of alkyl halides is 3. The lowest BCUT2D eigenvalue weighted by Crippen LogP contribution is -2.07. The van der Waals surface area contributed by atoms with Crippen LogP contribution in [0, 0.1) is 0 Å². The van der Waals surface area contributed by atoms with Crippen molar-refractivity contribution in [2.24, 2.45) is 0 Å². The van der Waals surface area contributed by atoms with Gasteiger partial charge in [-0.2, -0.15) is 13.2 Å². The number of benzene rings is 1. The summed E-state index contributed by atoms with van der Waals surface area (Å²) in [6, 6.07) is 1.43. The van der Waals surface area contributed by atoms with Gasteiger partial charge in [0, 0.05) is 10.7 Å². The maximum absolute atomic E-state index is 12.6. The summed E-state index contributed by atoms with van der Waals surface area (Å²) in [6.45, 7) is 0. The molecule has 2 aromatic rings. The van der Waals surface area contributed by atoms with Crippen LogP contribution in [-0.2, 0) is 15.2 Å². The van der Waals surface area contributed by atoms with E-state index in [2.05, 4.69) is 9.97 Å². The van der Waals surface area contributed by atoms with E-state index >= 15 is 0 Å². The van der Waals surface area contributed by atoms with Gasteiger partial charge in [0.05, 0.1) is 17.4 Å². The minimum atomic E-state index is -4.61. The van der Waals surface area contributed by atoms with Crippen LogP contribution < -0.4 is 0 Å². The van der Waals surface area contributed by atoms with Crippen LogP contribution in [0.15, 0.2) is 23.4 Å². The number of H-pyrrole nitrogens is 1. The fourth-order valence-corrected chi connectivity index (χ4v) is 2.46. The number of nitrogens with zero attached hydrogens (tertiary/aromatic N) is 1. The number of imidazole rings is 1. The standard InChI is InChI=1S/C8H4ClF3N2O2S/c9-17(15,16)5-2-1-4(8(10,11)12)6-7(5)14-3-13-6/h1-3H,(H,13,14). The van der Waals surface area contributed by atoms with Gasteiger partial charge in [-0.25, -0.2) is 13.4 Å². The lowest BCUT2D eigenvalue weighted by atomic mass is 10.2. The molecular weight excluding hydrogens is 281 g/mol. The van der Waals surface area contributed by atoms with E-state index in [4.69, 9.17) is 10.7 Å². The zero-order chi connectivity index (χ0) is 12.8. The van der Waals surface area contributed by atoms with Crippen LogP contribution in [0.3, 0.4) is 0 Å². The summed E-state index contributed by atoms with van der Waals surface area (Å²) in [5.74, 6) is 0. The van der Waals surface area contributed by atoms with Gasteiger partial charge in [0.1, 0.15) is 10.4 Å². The minimum Gasteiger partial charge on any atom is -0.343 e. The normalized spacial score (nSPS) is 13.2. The first-order valence-electron chi connectivity index (χ1n) is 4.19. The van der Waals surface area contributed by atoms with Gasteiger partial charge in [0.2, 0.25) is 0 Å². The van der Waals surface area contributed by atoms with Gasteiger partial charge >= 0.3 is 6.18 Å². The fraction of sp³-hybridized carbons (Fsp3) is 0.125. The van der Waals surface area contributed by atoms with Crippen LogP contribution in [0.25, 0.3) is 11.0 Å². The first-order chi connectivity index (χ1) is 7.71. The number of hydrogen-bond acceptors (Lipinski definition) is 3. The van der Waals surface area contributed by atoms with E-state index in [0.29, 0.717) is 6.07 Å². The lowest BCUT2D eigenvalue weighted by Gasteiger charge is -2.08. The van der Waals surface area contributed by atoms with Gasteiger partial charge in [-0.1, -0.05) is 0 Å². The smallest absolute Gasteiger partial charge is 0.343 e. The molecule has 92 valence electrons. The van der Waals surface area contributed by atoms with Crippen molar-refractivity contribution in [1.29, 1.82) is 0 Å². The number of aromatic nitrogens is 2. The lowest BCUT2D eigenvalue weighted by molar-refractivity contribution is -0.136. The molecule has 0 fully saturated rings. The summed E-state index contributed by atoms with van der Waals surface area (Å²) in [7, 11) is 0.976. The van der Waals surface area contributed by atoms with E-state index < -0.39 is 31.2 Å². The number of hydrogen-bond donors (Lipinski definition) is 1. The molecule has 0 bridgehead atoms. The summed E-state index contributed by atoms with van der Waals surface area (Å²) in [5.41, 5.74) is -1.74. The highest BCUT2D eigenvalue weighted by Crippen LogP contribution is 2.36. The molecule has 0 aliphatic heterocycles. The Kier molecular flexibility index (Phi) is 2.58. The molecule has 4 nitrogen and oxygen atoms in total. The van der Waals surface area contributed by atoms with Crippen LogP contribution >= 0.6 is 10.7 Å². The van der Waals surface area contributed by atoms with E-state index in [0.717, 1.165) is 12.4 Å². The molecule has 1 aromatic heterocycles. The molecule has 1 N–H and O–H groups in total. The number of rotatable bonds is 1. The number of aromatic amines is 1. The predicted molar refractivity (Wildman–Crippen MR) is 54.1 cm³/mol. The van der Waals surface area contributed by atoms with Crippen LogP contribution in [0.4, 0.5) is 13.2 Å². The quantitative estimate of drug-likeness (QED) is 0.819. The van der Waals surface area contributed by atoms with Gasteiger partial charge in [-0.05, 0) is 12.1 Å². The van der Waals surface area contributed by atoms with E-state index in [1.165, 1.54) is 0 Å². The molecule has 0 spiro atoms. The second-order valence-electron chi connectivity index (χ2n) is 3.17. The maximum Gasteiger partial charge on any atom is 0.418 e. The molecule has 1 heterocycles. The van der Waals surface area contributed by atoms with Crippen molar-refractivity contribution in [1.82, 2.24) is 9.97 Å². The average Bonchev–Trinajstić information content (AvgIpc) is 2.60. The van der Waals surface area contributed by atoms with E-state index in [1.54, 1.807) is 0 Å². The Bertz CT molecular complexity index is 678. The van der Waals surface area contributed by atoms with E-state index in [-0.39, 0.29) is 5.52 Å². The Morgan fingerprint density at radius 1 is 1.29 bits per heavy atom. The Hall–Kier alpha value is -1.28. The zero-order valence-corrected chi connectivity index (χ0v) is 9.49. The number of halogens is 4. The molecule has 0 atom stereocenters. The summed E-state index contributed by atoms with van der Waals surface area (Å²) in [4.78, 5) is 5.36. The van der Waals surface area contributed by atoms with Gasteiger partial charge in [0.15, 0.2) is 0 Å². The number of fused-ring (bicyclic) bond motifs is 1. The Morgan fingerprint density at radius 3 is 2.47 bits per heavy atom. The maximum atomic E-state index is 12.6. The molecule has 0 aliphatic carbocycles. The van der Waals surface area contributed by atoms with Gasteiger partial charge in [0.25, 0.3) is 9.05 Å². The molecule has 2 rings (SSSR count). The van der Waals surface area contributed by atoms with Crippen LogP contribution in [0.5, 0.6) is 0 Å². The molecular formula is C8H4ClF3N2O2S. The zero-order valence-electron chi connectivity index (χ0n) is 7.92. The SMILES string of the molecule is O=S(=O)(Cl)c1ccc(C(F)(F)F)c2nc[nH]c12. The van der Waals surface area contributed by atoms with E-state index in [1.807, 2.05) is 0 Å². The summed E-state index contributed by atoms with van der Waals surface area (Å²) in [6.07, 6.45) is -3.63. The van der Waals surface area contributed by atoms with Crippen molar-refractivity contribution < 1.29 is 21.6 Å². The minimum absolute atomic E-state index is 0.255. The molecule has 0 aliphatic rings. The average molecular weight is 285 g/mol. The third kappa shape index (κ3) is 2.09. The molecule has 17 heavy (non-hydrogen) atoms. The van der Waals surface area contributed by atoms with Crippen molar-refractivity contribution in [3.05, 3.63) is 24.0 Å². The van der Waals surface area contributed by atoms with Crippen LogP contribution in [0.2, 0.25) is 0 Å². The molecule has 0 amide bonds. The number of nitrogens with one attached hydrogen (secondary N) is 1. The van der Waals surface area contributed by atoms with Crippen molar-refractivity contribution in [2.75, 3.05) is 0 Å². The third-order valence-electron chi connectivity index (χ3n) is 2.11. The highest BCUT2D eigenvalue weighted by Gasteiger charge is 2.35. The second kappa shape index (κ2) is 3.61. The fourth-order valence-electron chi connectivity index (χ4n) is 1.44. The molecule has 0 saturated heterocycles. The molecule has 1 aromatic carbocycles. The van der Waals surface area contributed by atoms with Gasteiger partial charge < -0.3 is 4.98 Å². The first-order valence-corrected chi connectivity index (χ1v) is 6.50. The van der Waals surface area contributed by atoms with E-state index in [9.17, 15) is 21.6 Å². The van der Waals surface area contributed by atoms with Crippen LogP contribution in [0.1, 0.15) is 5.56 Å². The van der Waals surface area contributed by atoms with Crippen molar-refractivity contribution in [3.8, 4) is 0 Å². The highest BCUT2D eigenvalue weighted by molar-refractivity contribution is 8.14. The summed E-state index contributed by atoms with van der Waals surface area (Å²) in [5, 5.41) is 0. The summed E-state index contributed by atoms with van der Waals surface area (Å²) >= 11 is 0. The Morgan fingerprint density at radius 2 is 1.94 bits per heavy atom.